The maximum atomic E-state index is 13.8. The summed E-state index contributed by atoms with van der Waals surface area (Å²) in [6, 6.07) is 9.46. The van der Waals surface area contributed by atoms with Gasteiger partial charge in [-0.15, -0.1) is 0 Å². The summed E-state index contributed by atoms with van der Waals surface area (Å²) in [6.45, 7) is 0. The Hall–Kier alpha value is -4.01. The first-order valence-electron chi connectivity index (χ1n) is 8.30. The first-order chi connectivity index (χ1) is 13.5. The van der Waals surface area contributed by atoms with Gasteiger partial charge in [0, 0.05) is 40.5 Å². The topological polar surface area (TPSA) is 117 Å². The fourth-order valence-electron chi connectivity index (χ4n) is 3.13. The number of para-hydroxylation sites is 1. The molecule has 0 aliphatic rings. The molecular weight excluding hydrogens is 365 g/mol. The van der Waals surface area contributed by atoms with Gasteiger partial charge in [0.15, 0.2) is 5.75 Å². The lowest BCUT2D eigenvalue weighted by atomic mass is 9.96. The zero-order chi connectivity index (χ0) is 19.7. The molecule has 4 aromatic rings. The average Bonchev–Trinajstić information content (AvgIpc) is 3.10. The number of aromatic amines is 1. The molecule has 2 aromatic heterocycles. The zero-order valence-electron chi connectivity index (χ0n) is 14.3. The maximum Gasteiger partial charge on any atom is 0.311 e. The number of phenolic OH excluding ortho intramolecular Hbond substituents is 1. The summed E-state index contributed by atoms with van der Waals surface area (Å²) in [5.74, 6) is -0.445. The van der Waals surface area contributed by atoms with Crippen LogP contribution < -0.4 is 5.32 Å². The smallest absolute Gasteiger partial charge is 0.311 e. The van der Waals surface area contributed by atoms with E-state index in [0.717, 1.165) is 0 Å². The lowest BCUT2D eigenvalue weighted by Gasteiger charge is -2.20. The minimum Gasteiger partial charge on any atom is -0.502 e. The van der Waals surface area contributed by atoms with Gasteiger partial charge in [-0.1, -0.05) is 12.1 Å². The first kappa shape index (κ1) is 17.4. The van der Waals surface area contributed by atoms with Crippen LogP contribution >= 0.6 is 0 Å². The first-order valence-corrected chi connectivity index (χ1v) is 8.30. The van der Waals surface area contributed by atoms with Gasteiger partial charge in [0.1, 0.15) is 18.0 Å². The molecule has 1 unspecified atom stereocenters. The van der Waals surface area contributed by atoms with Crippen molar-refractivity contribution in [1.82, 2.24) is 15.0 Å². The van der Waals surface area contributed by atoms with Gasteiger partial charge in [-0.05, 0) is 24.3 Å². The standard InChI is InChI=1S/C19H14FN5O3/c20-11-4-5-15-13(8-11)14(9-22-15)18(24-17-6-7-21-10-23-17)12-2-1-3-16(19(12)26)25(27)28/h1-10,18,22,26H,(H,21,23,24). The van der Waals surface area contributed by atoms with E-state index in [9.17, 15) is 19.6 Å². The van der Waals surface area contributed by atoms with E-state index >= 15 is 0 Å². The Bertz CT molecular complexity index is 1160. The van der Waals surface area contributed by atoms with Crippen LogP contribution in [0.15, 0.2) is 61.2 Å². The largest absolute Gasteiger partial charge is 0.502 e. The Morgan fingerprint density at radius 3 is 2.82 bits per heavy atom. The number of halogens is 1. The van der Waals surface area contributed by atoms with Crippen LogP contribution in [0.2, 0.25) is 0 Å². The molecule has 0 radical (unpaired) electrons. The van der Waals surface area contributed by atoms with Crippen LogP contribution in [-0.2, 0) is 0 Å². The summed E-state index contributed by atoms with van der Waals surface area (Å²) < 4.78 is 13.8. The molecule has 8 nitrogen and oxygen atoms in total. The van der Waals surface area contributed by atoms with Gasteiger partial charge in [-0.2, -0.15) is 0 Å². The van der Waals surface area contributed by atoms with E-state index in [-0.39, 0.29) is 5.56 Å². The van der Waals surface area contributed by atoms with Gasteiger partial charge in [-0.3, -0.25) is 10.1 Å². The summed E-state index contributed by atoms with van der Waals surface area (Å²) in [6.07, 6.45) is 4.55. The third-order valence-corrected chi connectivity index (χ3v) is 4.41. The van der Waals surface area contributed by atoms with Crippen molar-refractivity contribution in [3.8, 4) is 5.75 Å². The number of aromatic nitrogens is 3. The van der Waals surface area contributed by atoms with Crippen molar-refractivity contribution in [2.75, 3.05) is 5.32 Å². The maximum absolute atomic E-state index is 13.8. The van der Waals surface area contributed by atoms with E-state index in [0.29, 0.717) is 22.3 Å². The number of hydrogen-bond acceptors (Lipinski definition) is 6. The highest BCUT2D eigenvalue weighted by atomic mass is 19.1. The number of nitrogens with zero attached hydrogens (tertiary/aromatic N) is 3. The van der Waals surface area contributed by atoms with Crippen LogP contribution in [0.5, 0.6) is 5.75 Å². The molecule has 0 amide bonds. The zero-order valence-corrected chi connectivity index (χ0v) is 14.3. The van der Waals surface area contributed by atoms with Crippen molar-refractivity contribution in [3.05, 3.63) is 88.2 Å². The number of nitro groups is 1. The number of hydrogen-bond donors (Lipinski definition) is 3. The molecule has 0 aliphatic carbocycles. The second kappa shape index (κ2) is 6.95. The van der Waals surface area contributed by atoms with E-state index in [1.807, 2.05) is 0 Å². The van der Waals surface area contributed by atoms with E-state index in [1.165, 1.54) is 36.8 Å². The molecule has 0 saturated carbocycles. The summed E-state index contributed by atoms with van der Waals surface area (Å²) in [4.78, 5) is 21.6. The Labute approximate surface area is 157 Å². The number of fused-ring (bicyclic) bond motifs is 1. The van der Waals surface area contributed by atoms with E-state index in [4.69, 9.17) is 0 Å². The van der Waals surface area contributed by atoms with Gasteiger partial charge in [0.05, 0.1) is 11.0 Å². The van der Waals surface area contributed by atoms with E-state index in [1.54, 1.807) is 24.4 Å². The number of benzene rings is 2. The molecule has 0 fully saturated rings. The van der Waals surface area contributed by atoms with Crippen LogP contribution in [0.1, 0.15) is 17.2 Å². The number of nitro benzene ring substituents is 1. The molecule has 4 rings (SSSR count). The third kappa shape index (κ3) is 3.09. The molecule has 2 heterocycles. The van der Waals surface area contributed by atoms with Crippen LogP contribution in [0.4, 0.5) is 15.9 Å². The van der Waals surface area contributed by atoms with E-state index < -0.39 is 28.2 Å². The minimum absolute atomic E-state index is 0.262. The Kier molecular flexibility index (Phi) is 4.32. The van der Waals surface area contributed by atoms with Crippen molar-refractivity contribution in [3.63, 3.8) is 0 Å². The van der Waals surface area contributed by atoms with Crippen LogP contribution in [0, 0.1) is 15.9 Å². The summed E-state index contributed by atoms with van der Waals surface area (Å²) >= 11 is 0. The Morgan fingerprint density at radius 1 is 1.21 bits per heavy atom. The molecule has 0 spiro atoms. The number of phenols is 1. The van der Waals surface area contributed by atoms with Gasteiger partial charge in [0.2, 0.25) is 0 Å². The molecule has 2 aromatic carbocycles. The number of nitrogens with one attached hydrogen (secondary N) is 2. The highest BCUT2D eigenvalue weighted by Gasteiger charge is 2.26. The normalized spacial score (nSPS) is 12.0. The van der Waals surface area contributed by atoms with Gasteiger partial charge in [0.25, 0.3) is 0 Å². The average molecular weight is 379 g/mol. The second-order valence-corrected chi connectivity index (χ2v) is 6.08. The number of rotatable bonds is 5. The Morgan fingerprint density at radius 2 is 2.07 bits per heavy atom. The molecular formula is C19H14FN5O3. The predicted octanol–water partition coefficient (Wildman–Crippen LogP) is 3.91. The fraction of sp³-hybridized carbons (Fsp3) is 0.0526. The third-order valence-electron chi connectivity index (χ3n) is 4.41. The lowest BCUT2D eigenvalue weighted by molar-refractivity contribution is -0.385. The predicted molar refractivity (Wildman–Crippen MR) is 101 cm³/mol. The van der Waals surface area contributed by atoms with Gasteiger partial charge >= 0.3 is 5.69 Å². The minimum atomic E-state index is -0.731. The van der Waals surface area contributed by atoms with Gasteiger partial charge in [-0.25, -0.2) is 14.4 Å². The van der Waals surface area contributed by atoms with Crippen LogP contribution in [0.3, 0.4) is 0 Å². The molecule has 3 N–H and O–H groups in total. The van der Waals surface area contributed by atoms with Gasteiger partial charge < -0.3 is 15.4 Å². The monoisotopic (exact) mass is 379 g/mol. The summed E-state index contributed by atoms with van der Waals surface area (Å²) in [7, 11) is 0. The molecule has 1 atom stereocenters. The van der Waals surface area contributed by atoms with Crippen LogP contribution in [0.25, 0.3) is 10.9 Å². The highest BCUT2D eigenvalue weighted by molar-refractivity contribution is 5.85. The highest BCUT2D eigenvalue weighted by Crippen LogP contribution is 2.39. The van der Waals surface area contributed by atoms with Crippen molar-refractivity contribution in [2.24, 2.45) is 0 Å². The number of anilines is 1. The quantitative estimate of drug-likeness (QED) is 0.357. The van der Waals surface area contributed by atoms with Crippen molar-refractivity contribution < 1.29 is 14.4 Å². The number of aromatic hydroxyl groups is 1. The summed E-state index contributed by atoms with van der Waals surface area (Å²) in [5, 5.41) is 25.5. The van der Waals surface area contributed by atoms with Crippen molar-refractivity contribution in [1.29, 1.82) is 0 Å². The lowest BCUT2D eigenvalue weighted by Crippen LogP contribution is -2.13. The molecule has 9 heteroatoms. The summed E-state index contributed by atoms with van der Waals surface area (Å²) in [5.41, 5.74) is 1.13. The SMILES string of the molecule is O=[N+]([O-])c1cccc(C(Nc2ccncn2)c2c[nH]c3ccc(F)cc23)c1O. The Balaban J connectivity index is 1.91. The van der Waals surface area contributed by atoms with Crippen molar-refractivity contribution >= 4 is 22.4 Å². The molecule has 0 aliphatic heterocycles. The number of H-pyrrole nitrogens is 1. The van der Waals surface area contributed by atoms with Crippen LogP contribution in [-0.4, -0.2) is 25.0 Å². The van der Waals surface area contributed by atoms with E-state index in [2.05, 4.69) is 20.3 Å². The fourth-order valence-corrected chi connectivity index (χ4v) is 3.13. The molecule has 140 valence electrons. The second-order valence-electron chi connectivity index (χ2n) is 6.08. The molecule has 0 bridgehead atoms. The molecule has 0 saturated heterocycles. The van der Waals surface area contributed by atoms with Crippen molar-refractivity contribution in [2.45, 2.75) is 6.04 Å². The molecule has 28 heavy (non-hydrogen) atoms.